The summed E-state index contributed by atoms with van der Waals surface area (Å²) in [5.41, 5.74) is 1.86. The predicted molar refractivity (Wildman–Crippen MR) is 88.4 cm³/mol. The monoisotopic (exact) mass is 334 g/mol. The molecule has 0 amide bonds. The number of nitrogens with zero attached hydrogens (tertiary/aromatic N) is 1. The molecule has 2 atom stereocenters. The first-order valence-electron chi connectivity index (χ1n) is 6.83. The number of hydrogen-bond acceptors (Lipinski definition) is 4. The van der Waals surface area contributed by atoms with Crippen LogP contribution in [0.3, 0.4) is 0 Å². The van der Waals surface area contributed by atoms with Crippen molar-refractivity contribution in [2.45, 2.75) is 19.8 Å². The Kier molecular flexibility index (Phi) is 5.17. The number of ether oxygens (including phenoxy) is 1. The molecule has 4 nitrogen and oxygen atoms in total. The second-order valence-corrected chi connectivity index (χ2v) is 5.76. The molecule has 0 aromatic heterocycles. The molecular weight excluding hydrogens is 320 g/mol. The van der Waals surface area contributed by atoms with Crippen LogP contribution in [-0.2, 0) is 9.53 Å². The Hall–Kier alpha value is -1.90. The minimum Gasteiger partial charge on any atom is -0.463 e. The standard InChI is InChI=1S/C16H15ClN2O2S/c1-3-21-16(20)13-9(2)19-15(22)12(8-18)14(13)10-4-6-11(17)7-5-10/h4-7,12,14H,3H2,1-2H3,(H,19,22)/t12-,14+/m0/s1. The first-order chi connectivity index (χ1) is 10.5. The van der Waals surface area contributed by atoms with Gasteiger partial charge in [0.05, 0.1) is 23.2 Å². The number of esters is 1. The summed E-state index contributed by atoms with van der Waals surface area (Å²) in [5, 5.41) is 13.0. The summed E-state index contributed by atoms with van der Waals surface area (Å²) in [6.07, 6.45) is 0. The van der Waals surface area contributed by atoms with E-state index in [0.717, 1.165) is 5.56 Å². The molecule has 0 aliphatic carbocycles. The summed E-state index contributed by atoms with van der Waals surface area (Å²) in [7, 11) is 0. The lowest BCUT2D eigenvalue weighted by molar-refractivity contribution is -0.139. The minimum atomic E-state index is -0.626. The van der Waals surface area contributed by atoms with Crippen LogP contribution >= 0.6 is 23.8 Å². The van der Waals surface area contributed by atoms with E-state index in [0.29, 0.717) is 21.3 Å². The molecule has 0 fully saturated rings. The molecule has 6 heteroatoms. The zero-order valence-corrected chi connectivity index (χ0v) is 13.8. The van der Waals surface area contributed by atoms with Gasteiger partial charge in [-0.25, -0.2) is 4.79 Å². The van der Waals surface area contributed by atoms with Gasteiger partial charge >= 0.3 is 5.97 Å². The number of nitriles is 1. The summed E-state index contributed by atoms with van der Waals surface area (Å²) < 4.78 is 5.14. The smallest absolute Gasteiger partial charge is 0.336 e. The number of hydrogen-bond donors (Lipinski definition) is 1. The Bertz CT molecular complexity index is 676. The molecule has 1 aromatic carbocycles. The van der Waals surface area contributed by atoms with Crippen LogP contribution in [0.5, 0.6) is 0 Å². The summed E-state index contributed by atoms with van der Waals surface area (Å²) in [6, 6.07) is 9.25. The number of benzene rings is 1. The fourth-order valence-corrected chi connectivity index (χ4v) is 3.00. The molecule has 1 aromatic rings. The van der Waals surface area contributed by atoms with Crippen LogP contribution in [0.15, 0.2) is 35.5 Å². The van der Waals surface area contributed by atoms with Crippen molar-refractivity contribution in [1.29, 1.82) is 5.26 Å². The number of thiocarbonyl (C=S) groups is 1. The van der Waals surface area contributed by atoms with Crippen LogP contribution < -0.4 is 5.32 Å². The van der Waals surface area contributed by atoms with Crippen LogP contribution in [-0.4, -0.2) is 17.6 Å². The molecule has 0 saturated heterocycles. The minimum absolute atomic E-state index is 0.268. The summed E-state index contributed by atoms with van der Waals surface area (Å²) >= 11 is 11.2. The third-order valence-electron chi connectivity index (χ3n) is 3.51. The van der Waals surface area contributed by atoms with E-state index < -0.39 is 17.8 Å². The third kappa shape index (κ3) is 3.13. The summed E-state index contributed by atoms with van der Waals surface area (Å²) in [6.45, 7) is 3.77. The van der Waals surface area contributed by atoms with Crippen LogP contribution in [0.25, 0.3) is 0 Å². The van der Waals surface area contributed by atoms with Gasteiger partial charge in [-0.1, -0.05) is 36.0 Å². The van der Waals surface area contributed by atoms with Gasteiger partial charge in [-0.2, -0.15) is 5.26 Å². The number of carbonyl (C=O) groups excluding carboxylic acids is 1. The van der Waals surface area contributed by atoms with Crippen molar-refractivity contribution in [2.24, 2.45) is 5.92 Å². The molecule has 0 radical (unpaired) electrons. The molecule has 2 rings (SSSR count). The molecule has 114 valence electrons. The van der Waals surface area contributed by atoms with Gasteiger partial charge in [0.1, 0.15) is 5.92 Å². The van der Waals surface area contributed by atoms with Crippen molar-refractivity contribution >= 4 is 34.8 Å². The van der Waals surface area contributed by atoms with Gasteiger partial charge < -0.3 is 10.1 Å². The number of allylic oxidation sites excluding steroid dienone is 1. The Morgan fingerprint density at radius 3 is 2.64 bits per heavy atom. The molecule has 1 heterocycles. The quantitative estimate of drug-likeness (QED) is 0.678. The second-order valence-electron chi connectivity index (χ2n) is 4.88. The highest BCUT2D eigenvalue weighted by Gasteiger charge is 2.39. The number of carbonyl (C=O) groups is 1. The predicted octanol–water partition coefficient (Wildman–Crippen LogP) is 3.33. The van der Waals surface area contributed by atoms with E-state index in [1.165, 1.54) is 0 Å². The number of halogens is 1. The largest absolute Gasteiger partial charge is 0.463 e. The van der Waals surface area contributed by atoms with Crippen molar-refractivity contribution in [3.63, 3.8) is 0 Å². The molecule has 1 aliphatic rings. The van der Waals surface area contributed by atoms with Crippen molar-refractivity contribution in [3.05, 3.63) is 46.1 Å². The van der Waals surface area contributed by atoms with Crippen LogP contribution in [0, 0.1) is 17.2 Å². The van der Waals surface area contributed by atoms with Crippen molar-refractivity contribution in [2.75, 3.05) is 6.61 Å². The van der Waals surface area contributed by atoms with Gasteiger partial charge in [-0.15, -0.1) is 0 Å². The zero-order chi connectivity index (χ0) is 16.3. The lowest BCUT2D eigenvalue weighted by Crippen LogP contribution is -2.40. The molecule has 1 N–H and O–H groups in total. The van der Waals surface area contributed by atoms with Gasteiger partial charge in [-0.3, -0.25) is 0 Å². The van der Waals surface area contributed by atoms with E-state index in [4.69, 9.17) is 28.6 Å². The van der Waals surface area contributed by atoms with E-state index in [2.05, 4.69) is 11.4 Å². The van der Waals surface area contributed by atoms with Gasteiger partial charge in [-0.05, 0) is 31.5 Å². The summed E-state index contributed by atoms with van der Waals surface area (Å²) in [4.78, 5) is 12.7. The third-order valence-corrected chi connectivity index (χ3v) is 4.11. The lowest BCUT2D eigenvalue weighted by Gasteiger charge is -2.31. The molecular formula is C16H15ClN2O2S. The second kappa shape index (κ2) is 6.91. The molecule has 0 unspecified atom stereocenters. The van der Waals surface area contributed by atoms with Gasteiger partial charge in [0.25, 0.3) is 0 Å². The maximum atomic E-state index is 12.3. The molecule has 22 heavy (non-hydrogen) atoms. The summed E-state index contributed by atoms with van der Waals surface area (Å²) in [5.74, 6) is -1.52. The van der Waals surface area contributed by atoms with E-state index >= 15 is 0 Å². The zero-order valence-electron chi connectivity index (χ0n) is 12.2. The van der Waals surface area contributed by atoms with Crippen LogP contribution in [0.4, 0.5) is 0 Å². The van der Waals surface area contributed by atoms with E-state index in [9.17, 15) is 10.1 Å². The van der Waals surface area contributed by atoms with Crippen molar-refractivity contribution < 1.29 is 9.53 Å². The Balaban J connectivity index is 2.57. The molecule has 1 aliphatic heterocycles. The van der Waals surface area contributed by atoms with Gasteiger partial charge in [0, 0.05) is 16.6 Å². The van der Waals surface area contributed by atoms with Crippen LogP contribution in [0.1, 0.15) is 25.3 Å². The maximum absolute atomic E-state index is 12.3. The average molecular weight is 335 g/mol. The number of nitrogens with one attached hydrogen (secondary N) is 1. The Labute approximate surface area is 139 Å². The first-order valence-corrected chi connectivity index (χ1v) is 7.62. The fourth-order valence-electron chi connectivity index (χ4n) is 2.53. The van der Waals surface area contributed by atoms with Crippen LogP contribution in [0.2, 0.25) is 5.02 Å². The number of rotatable bonds is 3. The van der Waals surface area contributed by atoms with E-state index in [1.54, 1.807) is 38.1 Å². The highest BCUT2D eigenvalue weighted by Crippen LogP contribution is 2.38. The van der Waals surface area contributed by atoms with Gasteiger partial charge in [0.2, 0.25) is 0 Å². The molecule has 0 bridgehead atoms. The highest BCUT2D eigenvalue weighted by molar-refractivity contribution is 7.80. The molecule has 0 spiro atoms. The first kappa shape index (κ1) is 16.5. The molecule has 0 saturated carbocycles. The Morgan fingerprint density at radius 2 is 2.09 bits per heavy atom. The van der Waals surface area contributed by atoms with E-state index in [1.807, 2.05) is 0 Å². The normalized spacial score (nSPS) is 21.1. The lowest BCUT2D eigenvalue weighted by atomic mass is 9.78. The van der Waals surface area contributed by atoms with Crippen molar-refractivity contribution in [1.82, 2.24) is 5.32 Å². The maximum Gasteiger partial charge on any atom is 0.336 e. The average Bonchev–Trinajstić information content (AvgIpc) is 2.47. The SMILES string of the molecule is CCOC(=O)C1=C(C)NC(=S)[C@@H](C#N)[C@H]1c1ccc(Cl)cc1. The topological polar surface area (TPSA) is 62.1 Å². The highest BCUT2D eigenvalue weighted by atomic mass is 35.5. The Morgan fingerprint density at radius 1 is 1.45 bits per heavy atom. The fraction of sp³-hybridized carbons (Fsp3) is 0.312. The van der Waals surface area contributed by atoms with Gasteiger partial charge in [0.15, 0.2) is 0 Å². The van der Waals surface area contributed by atoms with Crippen molar-refractivity contribution in [3.8, 4) is 6.07 Å². The van der Waals surface area contributed by atoms with E-state index in [-0.39, 0.29) is 6.61 Å².